The van der Waals surface area contributed by atoms with Crippen molar-refractivity contribution in [3.63, 3.8) is 0 Å². The Kier molecular flexibility index (Phi) is 8.88. The maximum atomic E-state index is 10.9. The van der Waals surface area contributed by atoms with Crippen molar-refractivity contribution in [1.29, 1.82) is 0 Å². The Morgan fingerprint density at radius 3 is 2.09 bits per heavy atom. The Hall–Kier alpha value is -3.28. The Labute approximate surface area is 190 Å². The number of para-hydroxylation sites is 2. The highest BCUT2D eigenvalue weighted by Crippen LogP contribution is 2.22. The molecule has 1 aromatic carbocycles. The molecule has 0 atom stereocenters. The average molecular weight is 436 g/mol. The van der Waals surface area contributed by atoms with Gasteiger partial charge in [0.05, 0.1) is 23.1 Å². The van der Waals surface area contributed by atoms with Crippen LogP contribution in [-0.2, 0) is 9.53 Å². The number of aromatic nitrogens is 3. The fourth-order valence-electron chi connectivity index (χ4n) is 2.49. The lowest BCUT2D eigenvalue weighted by Crippen LogP contribution is -2.26. The molecule has 0 radical (unpaired) electrons. The second-order valence-corrected chi connectivity index (χ2v) is 8.88. The van der Waals surface area contributed by atoms with Crippen LogP contribution in [0.3, 0.4) is 0 Å². The molecular weight excluding hydrogens is 402 g/mol. The molecule has 6 nitrogen and oxygen atoms in total. The Balaban J connectivity index is 0.000000309. The van der Waals surface area contributed by atoms with Gasteiger partial charge in [-0.15, -0.1) is 0 Å². The number of esters is 1. The highest BCUT2D eigenvalue weighted by Gasteiger charge is 2.18. The molecule has 0 unspecified atom stereocenters. The molecule has 0 aliphatic carbocycles. The van der Waals surface area contributed by atoms with Gasteiger partial charge in [-0.3, -0.25) is 9.78 Å². The first-order valence-electron chi connectivity index (χ1n) is 10.8. The lowest BCUT2D eigenvalue weighted by atomic mass is 10.1. The summed E-state index contributed by atoms with van der Waals surface area (Å²) in [5.74, 6) is 0.389. The van der Waals surface area contributed by atoms with Gasteiger partial charge in [0, 0.05) is 12.4 Å². The third-order valence-corrected chi connectivity index (χ3v) is 3.91. The van der Waals surface area contributed by atoms with Crippen molar-refractivity contribution in [1.82, 2.24) is 15.0 Å². The van der Waals surface area contributed by atoms with Gasteiger partial charge in [0.2, 0.25) is 5.88 Å². The molecule has 6 heteroatoms. The van der Waals surface area contributed by atoms with E-state index in [1.807, 2.05) is 97.0 Å². The predicted octanol–water partition coefficient (Wildman–Crippen LogP) is 5.97. The summed E-state index contributed by atoms with van der Waals surface area (Å²) in [7, 11) is 0. The molecule has 170 valence electrons. The molecule has 0 fully saturated rings. The van der Waals surface area contributed by atoms with Crippen LogP contribution in [0, 0.1) is 5.92 Å². The van der Waals surface area contributed by atoms with Crippen LogP contribution in [0.1, 0.15) is 59.7 Å². The summed E-state index contributed by atoms with van der Waals surface area (Å²) in [5, 5.41) is 0. The minimum Gasteiger partial charge on any atom is -0.473 e. The van der Waals surface area contributed by atoms with Crippen LogP contribution in [0.4, 0.5) is 0 Å². The van der Waals surface area contributed by atoms with Crippen LogP contribution in [0.25, 0.3) is 23.2 Å². The molecule has 0 N–H and O–H groups in total. The Morgan fingerprint density at radius 1 is 0.938 bits per heavy atom. The van der Waals surface area contributed by atoms with Gasteiger partial charge in [-0.2, -0.15) is 0 Å². The molecular formula is C26H33N3O3. The monoisotopic (exact) mass is 435 g/mol. The molecule has 2 heterocycles. The molecule has 2 aromatic heterocycles. The summed E-state index contributed by atoms with van der Waals surface area (Å²) in [6.07, 6.45) is 7.46. The van der Waals surface area contributed by atoms with Crippen molar-refractivity contribution in [2.45, 2.75) is 60.2 Å². The zero-order chi connectivity index (χ0) is 23.7. The van der Waals surface area contributed by atoms with Gasteiger partial charge in [0.1, 0.15) is 11.3 Å². The number of hydrogen-bond acceptors (Lipinski definition) is 6. The van der Waals surface area contributed by atoms with Crippen LogP contribution < -0.4 is 4.74 Å². The second kappa shape index (κ2) is 11.4. The predicted molar refractivity (Wildman–Crippen MR) is 129 cm³/mol. The number of fused-ring (bicyclic) bond motifs is 1. The number of hydrogen-bond donors (Lipinski definition) is 0. The third kappa shape index (κ3) is 8.46. The minimum atomic E-state index is -0.346. The lowest BCUT2D eigenvalue weighted by molar-refractivity contribution is -0.158. The fraction of sp³-hybridized carbons (Fsp3) is 0.385. The number of benzene rings is 1. The summed E-state index contributed by atoms with van der Waals surface area (Å²) < 4.78 is 10.9. The Morgan fingerprint density at radius 2 is 1.59 bits per heavy atom. The smallest absolute Gasteiger partial charge is 0.308 e. The highest BCUT2D eigenvalue weighted by atomic mass is 16.6. The maximum absolute atomic E-state index is 10.9. The van der Waals surface area contributed by atoms with Crippen LogP contribution in [-0.4, -0.2) is 32.6 Å². The molecule has 0 spiro atoms. The average Bonchev–Trinajstić information content (AvgIpc) is 2.72. The highest BCUT2D eigenvalue weighted by molar-refractivity contribution is 5.78. The van der Waals surface area contributed by atoms with E-state index in [-0.39, 0.29) is 23.6 Å². The van der Waals surface area contributed by atoms with Gasteiger partial charge < -0.3 is 9.47 Å². The molecule has 3 rings (SSSR count). The normalized spacial score (nSPS) is 11.5. The van der Waals surface area contributed by atoms with Crippen LogP contribution in [0.15, 0.2) is 48.8 Å². The van der Waals surface area contributed by atoms with Crippen molar-refractivity contribution >= 4 is 29.2 Å². The van der Waals surface area contributed by atoms with Crippen molar-refractivity contribution in [3.05, 3.63) is 60.0 Å². The lowest BCUT2D eigenvalue weighted by Gasteiger charge is -2.20. The second-order valence-electron chi connectivity index (χ2n) is 8.88. The molecule has 0 aliphatic heterocycles. The molecule has 32 heavy (non-hydrogen) atoms. The van der Waals surface area contributed by atoms with Crippen molar-refractivity contribution in [2.24, 2.45) is 5.92 Å². The standard InChI is InChI=1S/C18H17N3O.C8H16O2/c1-13(2)22-18-17(10-9-14-6-5-11-19-12-14)20-15-7-3-4-8-16(15)21-18;1-6(2)7(9)10-8(3,4)5/h3-13H,1-2H3;6H,1-5H3/b10-9+;. The van der Waals surface area contributed by atoms with Crippen molar-refractivity contribution in [2.75, 3.05) is 0 Å². The summed E-state index contributed by atoms with van der Waals surface area (Å²) in [6.45, 7) is 13.2. The first-order chi connectivity index (χ1) is 15.0. The summed E-state index contributed by atoms with van der Waals surface area (Å²) in [6, 6.07) is 11.7. The van der Waals surface area contributed by atoms with E-state index >= 15 is 0 Å². The van der Waals surface area contributed by atoms with E-state index < -0.39 is 0 Å². The van der Waals surface area contributed by atoms with Gasteiger partial charge >= 0.3 is 5.97 Å². The number of rotatable bonds is 5. The maximum Gasteiger partial charge on any atom is 0.308 e. The first kappa shape index (κ1) is 25.0. The van der Waals surface area contributed by atoms with E-state index in [9.17, 15) is 4.79 Å². The van der Waals surface area contributed by atoms with Crippen LogP contribution in [0.5, 0.6) is 5.88 Å². The summed E-state index contributed by atoms with van der Waals surface area (Å²) >= 11 is 0. The van der Waals surface area contributed by atoms with Gasteiger partial charge in [0.25, 0.3) is 0 Å². The SMILES string of the molecule is CC(C)C(=O)OC(C)(C)C.CC(C)Oc1nc2ccccc2nc1/C=C/c1cccnc1. The molecule has 3 aromatic rings. The number of carbonyl (C=O) groups is 1. The van der Waals surface area contributed by atoms with Gasteiger partial charge in [-0.1, -0.05) is 38.1 Å². The first-order valence-corrected chi connectivity index (χ1v) is 10.8. The Bertz CT molecular complexity index is 1040. The number of carbonyl (C=O) groups excluding carboxylic acids is 1. The quantitative estimate of drug-likeness (QED) is 0.460. The van der Waals surface area contributed by atoms with E-state index in [1.165, 1.54) is 0 Å². The summed E-state index contributed by atoms with van der Waals surface area (Å²) in [4.78, 5) is 24.3. The molecule has 0 amide bonds. The zero-order valence-corrected chi connectivity index (χ0v) is 20.0. The van der Waals surface area contributed by atoms with Crippen molar-refractivity contribution < 1.29 is 14.3 Å². The number of pyridine rings is 1. The minimum absolute atomic E-state index is 0.0285. The molecule has 0 bridgehead atoms. The number of ether oxygens (including phenoxy) is 2. The molecule has 0 saturated heterocycles. The number of nitrogens with zero attached hydrogens (tertiary/aromatic N) is 3. The van der Waals surface area contributed by atoms with Gasteiger partial charge in [0.15, 0.2) is 0 Å². The largest absolute Gasteiger partial charge is 0.473 e. The molecule has 0 aliphatic rings. The van der Waals surface area contributed by atoms with E-state index in [2.05, 4.69) is 15.0 Å². The summed E-state index contributed by atoms with van der Waals surface area (Å²) in [5.41, 5.74) is 3.06. The zero-order valence-electron chi connectivity index (χ0n) is 20.0. The van der Waals surface area contributed by atoms with Gasteiger partial charge in [-0.25, -0.2) is 9.97 Å². The van der Waals surface area contributed by atoms with E-state index in [4.69, 9.17) is 9.47 Å². The third-order valence-electron chi connectivity index (χ3n) is 3.91. The topological polar surface area (TPSA) is 74.2 Å². The van der Waals surface area contributed by atoms with E-state index in [0.717, 1.165) is 22.3 Å². The van der Waals surface area contributed by atoms with Gasteiger partial charge in [-0.05, 0) is 64.5 Å². The van der Waals surface area contributed by atoms with Crippen molar-refractivity contribution in [3.8, 4) is 5.88 Å². The van der Waals surface area contributed by atoms with Crippen LogP contribution in [0.2, 0.25) is 0 Å². The van der Waals surface area contributed by atoms with Crippen LogP contribution >= 0.6 is 0 Å². The fourth-order valence-corrected chi connectivity index (χ4v) is 2.49. The van der Waals surface area contributed by atoms with E-state index in [1.54, 1.807) is 12.4 Å². The molecule has 0 saturated carbocycles. The van der Waals surface area contributed by atoms with E-state index in [0.29, 0.717) is 5.88 Å².